The minimum atomic E-state index is 0.475. The highest BCUT2D eigenvalue weighted by Crippen LogP contribution is 2.26. The Balaban J connectivity index is 1.51. The van der Waals surface area contributed by atoms with Crippen LogP contribution in [0.1, 0.15) is 32.6 Å². The van der Waals surface area contributed by atoms with Crippen molar-refractivity contribution in [3.05, 3.63) is 48.8 Å². The molecule has 4 rings (SSSR count). The van der Waals surface area contributed by atoms with Crippen molar-refractivity contribution in [1.82, 2.24) is 19.9 Å². The maximum absolute atomic E-state index is 4.67. The third-order valence-corrected chi connectivity index (χ3v) is 4.98. The molecule has 1 aromatic carbocycles. The minimum Gasteiger partial charge on any atom is -0.366 e. The van der Waals surface area contributed by atoms with Crippen LogP contribution in [0.2, 0.25) is 0 Å². The summed E-state index contributed by atoms with van der Waals surface area (Å²) in [6.45, 7) is 3.23. The van der Waals surface area contributed by atoms with E-state index in [9.17, 15) is 0 Å². The maximum Gasteiger partial charge on any atom is 0.177 e. The van der Waals surface area contributed by atoms with Crippen LogP contribution in [-0.4, -0.2) is 33.2 Å². The zero-order chi connectivity index (χ0) is 17.8. The Kier molecular flexibility index (Phi) is 5.02. The van der Waals surface area contributed by atoms with E-state index in [1.165, 1.54) is 25.7 Å². The van der Waals surface area contributed by atoms with Gasteiger partial charge in [-0.15, -0.1) is 5.10 Å². The fourth-order valence-corrected chi connectivity index (χ4v) is 3.70. The van der Waals surface area contributed by atoms with Gasteiger partial charge in [-0.3, -0.25) is 0 Å². The minimum absolute atomic E-state index is 0.475. The Labute approximate surface area is 154 Å². The number of anilines is 3. The Morgan fingerprint density at radius 2 is 1.85 bits per heavy atom. The molecule has 0 unspecified atom stereocenters. The molecular weight excluding hydrogens is 324 g/mol. The zero-order valence-corrected chi connectivity index (χ0v) is 15.2. The van der Waals surface area contributed by atoms with E-state index in [1.807, 2.05) is 28.9 Å². The van der Waals surface area contributed by atoms with Crippen LogP contribution in [0, 0.1) is 0 Å². The van der Waals surface area contributed by atoms with Gasteiger partial charge >= 0.3 is 0 Å². The van der Waals surface area contributed by atoms with Gasteiger partial charge in [0.25, 0.3) is 0 Å². The lowest BCUT2D eigenvalue weighted by Crippen LogP contribution is -2.36. The standard InChI is InChI=1S/C20H26N6/c1-2-21-15-8-10-17(11-9-15)24-19-14-18(20-22-12-13-26(20)25-19)23-16-6-4-3-5-7-16/h3-7,12-15,17,21,23H,2,8-11H2,1H3,(H,24,25). The lowest BCUT2D eigenvalue weighted by atomic mass is 9.91. The van der Waals surface area contributed by atoms with E-state index in [0.717, 1.165) is 29.4 Å². The molecule has 3 N–H and O–H groups in total. The Hall–Kier alpha value is -2.60. The zero-order valence-electron chi connectivity index (χ0n) is 15.2. The average Bonchev–Trinajstić information content (AvgIpc) is 3.13. The highest BCUT2D eigenvalue weighted by atomic mass is 15.3. The van der Waals surface area contributed by atoms with E-state index in [1.54, 1.807) is 6.20 Å². The van der Waals surface area contributed by atoms with Crippen LogP contribution >= 0.6 is 0 Å². The first-order chi connectivity index (χ1) is 12.8. The molecule has 6 nitrogen and oxygen atoms in total. The molecule has 136 valence electrons. The highest BCUT2D eigenvalue weighted by Gasteiger charge is 2.21. The summed E-state index contributed by atoms with van der Waals surface area (Å²) in [7, 11) is 0. The number of nitrogens with one attached hydrogen (secondary N) is 3. The summed E-state index contributed by atoms with van der Waals surface area (Å²) in [5.41, 5.74) is 2.83. The summed E-state index contributed by atoms with van der Waals surface area (Å²) < 4.78 is 1.83. The molecule has 26 heavy (non-hydrogen) atoms. The van der Waals surface area contributed by atoms with Gasteiger partial charge < -0.3 is 16.0 Å². The topological polar surface area (TPSA) is 66.3 Å². The predicted molar refractivity (Wildman–Crippen MR) is 106 cm³/mol. The fourth-order valence-electron chi connectivity index (χ4n) is 3.70. The van der Waals surface area contributed by atoms with Crippen LogP contribution in [0.3, 0.4) is 0 Å². The molecule has 0 bridgehead atoms. The second-order valence-corrected chi connectivity index (χ2v) is 6.88. The van der Waals surface area contributed by atoms with E-state index in [-0.39, 0.29) is 0 Å². The van der Waals surface area contributed by atoms with Gasteiger partial charge in [-0.2, -0.15) is 0 Å². The van der Waals surface area contributed by atoms with Crippen molar-refractivity contribution in [3.8, 4) is 0 Å². The van der Waals surface area contributed by atoms with E-state index in [2.05, 4.69) is 51.2 Å². The summed E-state index contributed by atoms with van der Waals surface area (Å²) in [5.74, 6) is 0.890. The van der Waals surface area contributed by atoms with Crippen LogP contribution in [-0.2, 0) is 0 Å². The van der Waals surface area contributed by atoms with Crippen molar-refractivity contribution in [2.24, 2.45) is 0 Å². The molecule has 0 aliphatic heterocycles. The number of fused-ring (bicyclic) bond motifs is 1. The molecule has 0 saturated heterocycles. The summed E-state index contributed by atoms with van der Waals surface area (Å²) in [6.07, 6.45) is 8.44. The monoisotopic (exact) mass is 350 g/mol. The smallest absolute Gasteiger partial charge is 0.177 e. The molecule has 0 spiro atoms. The number of nitrogens with zero attached hydrogens (tertiary/aromatic N) is 3. The average molecular weight is 350 g/mol. The van der Waals surface area contributed by atoms with Gasteiger partial charge in [0.2, 0.25) is 0 Å². The molecule has 6 heteroatoms. The van der Waals surface area contributed by atoms with Gasteiger partial charge in [0.05, 0.1) is 5.69 Å². The number of rotatable bonds is 6. The van der Waals surface area contributed by atoms with E-state index in [0.29, 0.717) is 12.1 Å². The largest absolute Gasteiger partial charge is 0.366 e. The molecule has 1 saturated carbocycles. The molecule has 1 aliphatic carbocycles. The SMILES string of the molecule is CCNC1CCC(Nc2cc(Nc3ccccc3)c3nccn3n2)CC1. The lowest BCUT2D eigenvalue weighted by Gasteiger charge is -2.29. The van der Waals surface area contributed by atoms with E-state index >= 15 is 0 Å². The summed E-state index contributed by atoms with van der Waals surface area (Å²) in [6, 6.07) is 13.4. The molecule has 0 atom stereocenters. The van der Waals surface area contributed by atoms with Crippen molar-refractivity contribution in [2.45, 2.75) is 44.7 Å². The summed E-state index contributed by atoms with van der Waals surface area (Å²) >= 11 is 0. The molecule has 1 aliphatic rings. The molecular formula is C20H26N6. The van der Waals surface area contributed by atoms with E-state index in [4.69, 9.17) is 0 Å². The van der Waals surface area contributed by atoms with Gasteiger partial charge in [-0.1, -0.05) is 25.1 Å². The van der Waals surface area contributed by atoms with Crippen LogP contribution in [0.4, 0.5) is 17.2 Å². The maximum atomic E-state index is 4.67. The van der Waals surface area contributed by atoms with Gasteiger partial charge in [0.15, 0.2) is 5.65 Å². The molecule has 1 fully saturated rings. The van der Waals surface area contributed by atoms with Gasteiger partial charge in [0.1, 0.15) is 5.82 Å². The van der Waals surface area contributed by atoms with Crippen molar-refractivity contribution < 1.29 is 0 Å². The van der Waals surface area contributed by atoms with Crippen molar-refractivity contribution in [2.75, 3.05) is 17.2 Å². The predicted octanol–water partition coefficient (Wildman–Crippen LogP) is 3.81. The van der Waals surface area contributed by atoms with Crippen LogP contribution < -0.4 is 16.0 Å². The van der Waals surface area contributed by atoms with Crippen molar-refractivity contribution in [1.29, 1.82) is 0 Å². The third kappa shape index (κ3) is 3.80. The normalized spacial score (nSPS) is 20.2. The molecule has 2 aromatic heterocycles. The first kappa shape index (κ1) is 16.8. The first-order valence-electron chi connectivity index (χ1n) is 9.48. The Morgan fingerprint density at radius 3 is 2.62 bits per heavy atom. The highest BCUT2D eigenvalue weighted by molar-refractivity contribution is 5.75. The number of hydrogen-bond donors (Lipinski definition) is 3. The summed E-state index contributed by atoms with van der Waals surface area (Å²) in [5, 5.41) is 15.3. The van der Waals surface area contributed by atoms with Gasteiger partial charge in [0, 0.05) is 36.2 Å². The third-order valence-electron chi connectivity index (χ3n) is 4.98. The molecule has 0 radical (unpaired) electrons. The quantitative estimate of drug-likeness (QED) is 0.631. The lowest BCUT2D eigenvalue weighted by molar-refractivity contribution is 0.359. The molecule has 3 aromatic rings. The van der Waals surface area contributed by atoms with Crippen LogP contribution in [0.25, 0.3) is 5.65 Å². The van der Waals surface area contributed by atoms with Crippen LogP contribution in [0.15, 0.2) is 48.8 Å². The number of benzene rings is 1. The number of para-hydroxylation sites is 1. The van der Waals surface area contributed by atoms with E-state index < -0.39 is 0 Å². The Morgan fingerprint density at radius 1 is 1.08 bits per heavy atom. The second-order valence-electron chi connectivity index (χ2n) is 6.88. The second kappa shape index (κ2) is 7.74. The van der Waals surface area contributed by atoms with Crippen molar-refractivity contribution >= 4 is 22.8 Å². The first-order valence-corrected chi connectivity index (χ1v) is 9.48. The number of hydrogen-bond acceptors (Lipinski definition) is 5. The van der Waals surface area contributed by atoms with Gasteiger partial charge in [-0.05, 0) is 44.4 Å². The number of imidazole rings is 1. The molecule has 0 amide bonds. The van der Waals surface area contributed by atoms with Crippen LogP contribution in [0.5, 0.6) is 0 Å². The van der Waals surface area contributed by atoms with Gasteiger partial charge in [-0.25, -0.2) is 9.50 Å². The molecule has 2 heterocycles. The fraction of sp³-hybridized carbons (Fsp3) is 0.400. The number of aromatic nitrogens is 3. The summed E-state index contributed by atoms with van der Waals surface area (Å²) in [4.78, 5) is 4.44. The Bertz CT molecular complexity index is 836. The van der Waals surface area contributed by atoms with Crippen molar-refractivity contribution in [3.63, 3.8) is 0 Å².